The summed E-state index contributed by atoms with van der Waals surface area (Å²) in [4.78, 5) is 23.9. The van der Waals surface area contributed by atoms with Crippen LogP contribution < -0.4 is 10.6 Å². The summed E-state index contributed by atoms with van der Waals surface area (Å²) in [5.74, 6) is 0.383. The van der Waals surface area contributed by atoms with Gasteiger partial charge in [0, 0.05) is 18.5 Å². The summed E-state index contributed by atoms with van der Waals surface area (Å²) in [6.07, 6.45) is 1.78. The average molecular weight is 322 g/mol. The lowest BCUT2D eigenvalue weighted by Gasteiger charge is -2.07. The van der Waals surface area contributed by atoms with Gasteiger partial charge in [0.05, 0.1) is 12.8 Å². The topological polar surface area (TPSA) is 71.3 Å². The zero-order chi connectivity index (χ0) is 16.8. The molecular weight excluding hydrogens is 304 g/mol. The highest BCUT2D eigenvalue weighted by atomic mass is 16.3. The van der Waals surface area contributed by atoms with Gasteiger partial charge in [-0.15, -0.1) is 0 Å². The summed E-state index contributed by atoms with van der Waals surface area (Å²) in [7, 11) is 0. The fourth-order valence-corrected chi connectivity index (χ4v) is 2.41. The van der Waals surface area contributed by atoms with Gasteiger partial charge < -0.3 is 15.1 Å². The highest BCUT2D eigenvalue weighted by molar-refractivity contribution is 5.98. The van der Waals surface area contributed by atoms with E-state index in [2.05, 4.69) is 10.6 Å². The van der Waals surface area contributed by atoms with E-state index < -0.39 is 0 Å². The van der Waals surface area contributed by atoms with Gasteiger partial charge in [-0.1, -0.05) is 30.3 Å². The molecule has 5 heteroatoms. The van der Waals surface area contributed by atoms with Crippen molar-refractivity contribution in [3.05, 3.63) is 72.2 Å². The first-order valence-electron chi connectivity index (χ1n) is 7.78. The van der Waals surface area contributed by atoms with E-state index in [0.29, 0.717) is 17.9 Å². The molecule has 3 aromatic rings. The van der Waals surface area contributed by atoms with Crippen molar-refractivity contribution < 1.29 is 14.0 Å². The van der Waals surface area contributed by atoms with Gasteiger partial charge in [0.1, 0.15) is 5.76 Å². The van der Waals surface area contributed by atoms with E-state index in [-0.39, 0.29) is 24.8 Å². The molecule has 0 fully saturated rings. The van der Waals surface area contributed by atoms with Crippen molar-refractivity contribution in [2.75, 3.05) is 6.54 Å². The monoisotopic (exact) mass is 322 g/mol. The van der Waals surface area contributed by atoms with Crippen LogP contribution in [0, 0.1) is 0 Å². The van der Waals surface area contributed by atoms with Crippen molar-refractivity contribution in [3.63, 3.8) is 0 Å². The van der Waals surface area contributed by atoms with E-state index in [1.54, 1.807) is 24.5 Å². The predicted octanol–water partition coefficient (Wildman–Crippen LogP) is 2.87. The molecule has 2 amide bonds. The Labute approximate surface area is 139 Å². The van der Waals surface area contributed by atoms with Gasteiger partial charge >= 0.3 is 0 Å². The molecular formula is C19H18N2O3. The number of fused-ring (bicyclic) bond motifs is 1. The smallest absolute Gasteiger partial charge is 0.251 e. The van der Waals surface area contributed by atoms with Crippen LogP contribution in [0.2, 0.25) is 0 Å². The highest BCUT2D eigenvalue weighted by Crippen LogP contribution is 2.15. The Hall–Kier alpha value is -3.08. The number of furan rings is 1. The highest BCUT2D eigenvalue weighted by Gasteiger charge is 2.08. The molecule has 2 N–H and O–H groups in total. The molecule has 0 saturated heterocycles. The lowest BCUT2D eigenvalue weighted by atomic mass is 10.1. The number of benzene rings is 2. The fraction of sp³-hybridized carbons (Fsp3) is 0.158. The number of hydrogen-bond donors (Lipinski definition) is 2. The van der Waals surface area contributed by atoms with Crippen LogP contribution in [-0.2, 0) is 11.3 Å². The maximum Gasteiger partial charge on any atom is 0.251 e. The zero-order valence-electron chi connectivity index (χ0n) is 13.1. The standard InChI is InChI=1S/C19H18N2O3/c22-18(21-13-17-6-3-11-24-17)9-10-20-19(23)16-8-7-14-4-1-2-5-15(14)12-16/h1-8,11-12H,9-10,13H2,(H,20,23)(H,21,22). The lowest BCUT2D eigenvalue weighted by molar-refractivity contribution is -0.121. The number of hydrogen-bond acceptors (Lipinski definition) is 3. The molecule has 1 aromatic heterocycles. The lowest BCUT2D eigenvalue weighted by Crippen LogP contribution is -2.30. The minimum absolute atomic E-state index is 0.134. The number of carbonyl (C=O) groups is 2. The molecule has 0 aliphatic rings. The van der Waals surface area contributed by atoms with Crippen LogP contribution >= 0.6 is 0 Å². The minimum Gasteiger partial charge on any atom is -0.467 e. The maximum absolute atomic E-state index is 12.2. The molecule has 0 atom stereocenters. The first-order valence-corrected chi connectivity index (χ1v) is 7.78. The largest absolute Gasteiger partial charge is 0.467 e. The summed E-state index contributed by atoms with van der Waals surface area (Å²) in [6, 6.07) is 17.0. The van der Waals surface area contributed by atoms with Crippen molar-refractivity contribution in [1.29, 1.82) is 0 Å². The van der Waals surface area contributed by atoms with E-state index in [4.69, 9.17) is 4.42 Å². The van der Waals surface area contributed by atoms with Crippen LogP contribution in [0.25, 0.3) is 10.8 Å². The van der Waals surface area contributed by atoms with Crippen LogP contribution in [0.15, 0.2) is 65.3 Å². The van der Waals surface area contributed by atoms with Crippen LogP contribution in [0.3, 0.4) is 0 Å². The predicted molar refractivity (Wildman–Crippen MR) is 91.5 cm³/mol. The van der Waals surface area contributed by atoms with Gasteiger partial charge in [0.15, 0.2) is 0 Å². The van der Waals surface area contributed by atoms with Crippen molar-refractivity contribution >= 4 is 22.6 Å². The summed E-state index contributed by atoms with van der Waals surface area (Å²) < 4.78 is 5.14. The van der Waals surface area contributed by atoms with E-state index in [1.807, 2.05) is 36.4 Å². The molecule has 0 aliphatic heterocycles. The molecule has 0 spiro atoms. The van der Waals surface area contributed by atoms with Gasteiger partial charge in [-0.25, -0.2) is 0 Å². The second-order valence-corrected chi connectivity index (χ2v) is 5.42. The molecule has 0 radical (unpaired) electrons. The summed E-state index contributed by atoms with van der Waals surface area (Å²) in [6.45, 7) is 0.639. The third kappa shape index (κ3) is 4.01. The van der Waals surface area contributed by atoms with Crippen molar-refractivity contribution in [3.8, 4) is 0 Å². The SMILES string of the molecule is O=C(CCNC(=O)c1ccc2ccccc2c1)NCc1ccco1. The summed E-state index contributed by atoms with van der Waals surface area (Å²) >= 11 is 0. The number of amides is 2. The zero-order valence-corrected chi connectivity index (χ0v) is 13.1. The van der Waals surface area contributed by atoms with Crippen molar-refractivity contribution in [1.82, 2.24) is 10.6 Å². The second-order valence-electron chi connectivity index (χ2n) is 5.42. The van der Waals surface area contributed by atoms with Crippen LogP contribution in [0.4, 0.5) is 0 Å². The number of nitrogens with one attached hydrogen (secondary N) is 2. The van der Waals surface area contributed by atoms with Gasteiger partial charge in [-0.05, 0) is 35.0 Å². The van der Waals surface area contributed by atoms with Gasteiger partial charge in [-0.3, -0.25) is 9.59 Å². The normalized spacial score (nSPS) is 10.5. The van der Waals surface area contributed by atoms with Gasteiger partial charge in [0.2, 0.25) is 5.91 Å². The Balaban J connectivity index is 1.46. The molecule has 2 aromatic carbocycles. The molecule has 1 heterocycles. The van der Waals surface area contributed by atoms with Crippen molar-refractivity contribution in [2.45, 2.75) is 13.0 Å². The summed E-state index contributed by atoms with van der Waals surface area (Å²) in [5.41, 5.74) is 0.588. The Bertz CT molecular complexity index is 841. The van der Waals surface area contributed by atoms with Gasteiger partial charge in [0.25, 0.3) is 5.91 Å². The van der Waals surface area contributed by atoms with Crippen LogP contribution in [0.5, 0.6) is 0 Å². The molecule has 0 aliphatic carbocycles. The molecule has 3 rings (SSSR count). The van der Waals surface area contributed by atoms with E-state index in [9.17, 15) is 9.59 Å². The Morgan fingerprint density at radius 2 is 1.75 bits per heavy atom. The fourth-order valence-electron chi connectivity index (χ4n) is 2.41. The third-order valence-corrected chi connectivity index (χ3v) is 3.69. The first-order chi connectivity index (χ1) is 11.7. The molecule has 0 saturated carbocycles. The van der Waals surface area contributed by atoms with E-state index in [1.165, 1.54) is 0 Å². The molecule has 122 valence electrons. The third-order valence-electron chi connectivity index (χ3n) is 3.69. The average Bonchev–Trinajstić information content (AvgIpc) is 3.13. The maximum atomic E-state index is 12.2. The second kappa shape index (κ2) is 7.46. The number of carbonyl (C=O) groups excluding carboxylic acids is 2. The molecule has 0 unspecified atom stereocenters. The van der Waals surface area contributed by atoms with Crippen molar-refractivity contribution in [2.24, 2.45) is 0 Å². The van der Waals surface area contributed by atoms with E-state index in [0.717, 1.165) is 10.8 Å². The van der Waals surface area contributed by atoms with E-state index >= 15 is 0 Å². The van der Waals surface area contributed by atoms with Crippen LogP contribution in [0.1, 0.15) is 22.5 Å². The Morgan fingerprint density at radius 1 is 0.917 bits per heavy atom. The molecule has 0 bridgehead atoms. The first kappa shape index (κ1) is 15.8. The van der Waals surface area contributed by atoms with Crippen LogP contribution in [-0.4, -0.2) is 18.4 Å². The Morgan fingerprint density at radius 3 is 2.54 bits per heavy atom. The molecule has 24 heavy (non-hydrogen) atoms. The minimum atomic E-state index is -0.181. The Kier molecular flexibility index (Phi) is 4.91. The number of rotatable bonds is 6. The quantitative estimate of drug-likeness (QED) is 0.733. The summed E-state index contributed by atoms with van der Waals surface area (Å²) in [5, 5.41) is 7.61. The van der Waals surface area contributed by atoms with Gasteiger partial charge in [-0.2, -0.15) is 0 Å². The molecule has 5 nitrogen and oxygen atoms in total.